The molecular weight excluding hydrogens is 412 g/mol. The number of morpholine rings is 2. The largest absolute Gasteiger partial charge is 0.368 e. The molecule has 0 bridgehead atoms. The first kappa shape index (κ1) is 21.1. The summed E-state index contributed by atoms with van der Waals surface area (Å²) in [7, 11) is 0. The minimum absolute atomic E-state index is 0.225. The third-order valence-corrected chi connectivity index (χ3v) is 8.44. The second kappa shape index (κ2) is 9.00. The molecule has 3 aliphatic rings. The van der Waals surface area contributed by atoms with Gasteiger partial charge in [-0.2, -0.15) is 22.7 Å². The average molecular weight is 447 g/mol. The first-order chi connectivity index (χ1) is 14.6. The Morgan fingerprint density at radius 3 is 1.70 bits per heavy atom. The maximum Gasteiger partial charge on any atom is 0.0964 e. The Kier molecular flexibility index (Phi) is 6.33. The molecule has 0 spiro atoms. The van der Waals surface area contributed by atoms with Gasteiger partial charge in [-0.3, -0.25) is 9.80 Å². The fraction of sp³-hybridized carbons (Fsp3) is 0.667. The molecule has 4 atom stereocenters. The van der Waals surface area contributed by atoms with Crippen LogP contribution < -0.4 is 0 Å². The van der Waals surface area contributed by atoms with Gasteiger partial charge in [0.05, 0.1) is 24.4 Å². The lowest BCUT2D eigenvalue weighted by molar-refractivity contribution is -0.114. The molecule has 0 amide bonds. The van der Waals surface area contributed by atoms with E-state index < -0.39 is 0 Å². The van der Waals surface area contributed by atoms with Crippen LogP contribution in [0.3, 0.4) is 0 Å². The SMILES string of the molecule is CC1CN(CC2(CN3CC(C)OC(c4ccsc4)C3)CCC2)CC(c2ccsc2)O1. The van der Waals surface area contributed by atoms with Gasteiger partial charge in [-0.15, -0.1) is 0 Å². The molecule has 0 N–H and O–H groups in total. The lowest BCUT2D eigenvalue weighted by atomic mass is 9.67. The minimum atomic E-state index is 0.225. The van der Waals surface area contributed by atoms with Crippen LogP contribution in [0.25, 0.3) is 0 Å². The molecule has 1 aliphatic carbocycles. The summed E-state index contributed by atoms with van der Waals surface area (Å²) in [5.41, 5.74) is 3.13. The van der Waals surface area contributed by atoms with Gasteiger partial charge in [0.25, 0.3) is 0 Å². The summed E-state index contributed by atoms with van der Waals surface area (Å²) in [5, 5.41) is 8.83. The van der Waals surface area contributed by atoms with E-state index in [-0.39, 0.29) is 12.2 Å². The van der Waals surface area contributed by atoms with Crippen molar-refractivity contribution < 1.29 is 9.47 Å². The van der Waals surface area contributed by atoms with E-state index in [1.165, 1.54) is 43.5 Å². The van der Waals surface area contributed by atoms with Gasteiger partial charge in [0.1, 0.15) is 0 Å². The predicted molar refractivity (Wildman–Crippen MR) is 124 cm³/mol. The molecule has 2 saturated heterocycles. The van der Waals surface area contributed by atoms with Gasteiger partial charge in [0.2, 0.25) is 0 Å². The minimum Gasteiger partial charge on any atom is -0.368 e. The van der Waals surface area contributed by atoms with Crippen LogP contribution in [0.15, 0.2) is 33.7 Å². The maximum atomic E-state index is 6.29. The molecule has 1 saturated carbocycles. The molecule has 6 heteroatoms. The monoisotopic (exact) mass is 446 g/mol. The highest BCUT2D eigenvalue weighted by Gasteiger charge is 2.43. The smallest absolute Gasteiger partial charge is 0.0964 e. The third-order valence-electron chi connectivity index (χ3n) is 7.03. The molecule has 0 radical (unpaired) electrons. The van der Waals surface area contributed by atoms with E-state index >= 15 is 0 Å². The summed E-state index contributed by atoms with van der Waals surface area (Å²) in [6.07, 6.45) is 5.14. The lowest BCUT2D eigenvalue weighted by Gasteiger charge is -2.51. The van der Waals surface area contributed by atoms with E-state index in [2.05, 4.69) is 57.3 Å². The normalized spacial score (nSPS) is 32.7. The molecule has 2 aromatic heterocycles. The van der Waals surface area contributed by atoms with E-state index in [9.17, 15) is 0 Å². The second-order valence-electron chi connectivity index (χ2n) is 9.73. The summed E-state index contributed by atoms with van der Waals surface area (Å²) >= 11 is 3.54. The Morgan fingerprint density at radius 2 is 1.33 bits per heavy atom. The number of thiophene rings is 2. The van der Waals surface area contributed by atoms with Crippen LogP contribution in [-0.4, -0.2) is 61.3 Å². The molecular formula is C24H34N2O2S2. The van der Waals surface area contributed by atoms with E-state index in [1.54, 1.807) is 22.7 Å². The zero-order valence-electron chi connectivity index (χ0n) is 18.2. The van der Waals surface area contributed by atoms with Crippen LogP contribution in [0, 0.1) is 5.41 Å². The number of hydrogen-bond acceptors (Lipinski definition) is 6. The van der Waals surface area contributed by atoms with Gasteiger partial charge < -0.3 is 9.47 Å². The topological polar surface area (TPSA) is 24.9 Å². The number of rotatable bonds is 6. The van der Waals surface area contributed by atoms with Crippen molar-refractivity contribution >= 4 is 22.7 Å². The summed E-state index contributed by atoms with van der Waals surface area (Å²) in [6.45, 7) is 11.0. The van der Waals surface area contributed by atoms with E-state index in [0.29, 0.717) is 17.6 Å². The predicted octanol–water partition coefficient (Wildman–Crippen LogP) is 5.20. The van der Waals surface area contributed by atoms with Crippen LogP contribution in [0.4, 0.5) is 0 Å². The zero-order chi connectivity index (χ0) is 20.6. The Labute approximate surface area is 188 Å². The van der Waals surface area contributed by atoms with Gasteiger partial charge in [-0.1, -0.05) is 6.42 Å². The van der Waals surface area contributed by atoms with Crippen LogP contribution in [-0.2, 0) is 9.47 Å². The van der Waals surface area contributed by atoms with Crippen LogP contribution in [0.5, 0.6) is 0 Å². The Bertz CT molecular complexity index is 728. The molecule has 164 valence electrons. The molecule has 4 nitrogen and oxygen atoms in total. The van der Waals surface area contributed by atoms with E-state index in [4.69, 9.17) is 9.47 Å². The van der Waals surface area contributed by atoms with Gasteiger partial charge in [-0.05, 0) is 76.9 Å². The summed E-state index contributed by atoms with van der Waals surface area (Å²) in [6, 6.07) is 4.45. The van der Waals surface area contributed by atoms with E-state index in [0.717, 1.165) is 26.2 Å². The molecule has 2 aromatic rings. The van der Waals surface area contributed by atoms with Crippen molar-refractivity contribution in [2.24, 2.45) is 5.41 Å². The fourth-order valence-electron chi connectivity index (χ4n) is 5.61. The molecule has 30 heavy (non-hydrogen) atoms. The average Bonchev–Trinajstić information content (AvgIpc) is 3.39. The molecule has 4 unspecified atom stereocenters. The molecule has 4 heterocycles. The van der Waals surface area contributed by atoms with Crippen molar-refractivity contribution in [3.63, 3.8) is 0 Å². The molecule has 0 aromatic carbocycles. The van der Waals surface area contributed by atoms with E-state index in [1.807, 2.05) is 0 Å². The van der Waals surface area contributed by atoms with Gasteiger partial charge >= 0.3 is 0 Å². The first-order valence-corrected chi connectivity index (χ1v) is 13.3. The highest BCUT2D eigenvalue weighted by atomic mass is 32.1. The lowest BCUT2D eigenvalue weighted by Crippen LogP contribution is -2.55. The zero-order valence-corrected chi connectivity index (χ0v) is 19.8. The van der Waals surface area contributed by atoms with Gasteiger partial charge in [-0.25, -0.2) is 0 Å². The molecule has 2 aliphatic heterocycles. The van der Waals surface area contributed by atoms with Crippen LogP contribution in [0.2, 0.25) is 0 Å². The number of nitrogens with zero attached hydrogens (tertiary/aromatic N) is 2. The van der Waals surface area contributed by atoms with Crippen molar-refractivity contribution in [1.82, 2.24) is 9.80 Å². The summed E-state index contributed by atoms with van der Waals surface area (Å²) < 4.78 is 12.6. The van der Waals surface area contributed by atoms with Gasteiger partial charge in [0, 0.05) is 39.3 Å². The van der Waals surface area contributed by atoms with Crippen LogP contribution >= 0.6 is 22.7 Å². The third kappa shape index (κ3) is 4.69. The first-order valence-electron chi connectivity index (χ1n) is 11.4. The highest BCUT2D eigenvalue weighted by Crippen LogP contribution is 2.44. The van der Waals surface area contributed by atoms with Crippen LogP contribution in [0.1, 0.15) is 56.4 Å². The Morgan fingerprint density at radius 1 is 0.833 bits per heavy atom. The van der Waals surface area contributed by atoms with Crippen molar-refractivity contribution in [2.45, 2.75) is 57.5 Å². The second-order valence-corrected chi connectivity index (χ2v) is 11.3. The standard InChI is InChI=1S/C24H34N2O2S2/c1-18-10-25(12-22(27-18)20-4-8-29-14-20)16-24(6-3-7-24)17-26-11-19(2)28-23(13-26)21-5-9-30-15-21/h4-5,8-9,14-15,18-19,22-23H,3,6-7,10-13,16-17H2,1-2H3. The van der Waals surface area contributed by atoms with Crippen molar-refractivity contribution in [2.75, 3.05) is 39.3 Å². The van der Waals surface area contributed by atoms with Gasteiger partial charge in [0.15, 0.2) is 0 Å². The Balaban J connectivity index is 1.24. The quantitative estimate of drug-likeness (QED) is 0.609. The van der Waals surface area contributed by atoms with Crippen molar-refractivity contribution in [3.8, 4) is 0 Å². The summed E-state index contributed by atoms with van der Waals surface area (Å²) in [4.78, 5) is 5.38. The number of hydrogen-bond donors (Lipinski definition) is 0. The molecule has 3 fully saturated rings. The number of ether oxygens (including phenoxy) is 2. The highest BCUT2D eigenvalue weighted by molar-refractivity contribution is 7.08. The maximum absolute atomic E-state index is 6.29. The van der Waals surface area contributed by atoms with Crippen molar-refractivity contribution in [3.05, 3.63) is 44.8 Å². The summed E-state index contributed by atoms with van der Waals surface area (Å²) in [5.74, 6) is 0. The molecule has 5 rings (SSSR count). The van der Waals surface area contributed by atoms with Crippen molar-refractivity contribution in [1.29, 1.82) is 0 Å². The fourth-order valence-corrected chi connectivity index (χ4v) is 7.02. The Hall–Kier alpha value is -0.760.